The number of hydrazone groups is 1. The van der Waals surface area contributed by atoms with E-state index in [-0.39, 0.29) is 5.88 Å². The van der Waals surface area contributed by atoms with Crippen molar-refractivity contribution in [1.29, 1.82) is 0 Å². The highest BCUT2D eigenvalue weighted by Crippen LogP contribution is 2.30. The monoisotopic (exact) mass is 330 g/mol. The standard InChI is InChI=1S/C17H16F2N4O/c1-3-7-21-23-8-6-12(9-11(23)2)14-10-20-16-13(14)4-5-15(22-16)24-17(18)19/h4-10,17H,2-3H2,1H3,(H,20,22)/b21-7-. The van der Waals surface area contributed by atoms with Gasteiger partial charge in [-0.25, -0.2) is 5.01 Å². The van der Waals surface area contributed by atoms with Gasteiger partial charge in [-0.15, -0.1) is 0 Å². The zero-order valence-corrected chi connectivity index (χ0v) is 13.0. The lowest BCUT2D eigenvalue weighted by molar-refractivity contribution is -0.0526. The van der Waals surface area contributed by atoms with Crippen LogP contribution in [0.2, 0.25) is 0 Å². The molecule has 3 rings (SSSR count). The maximum Gasteiger partial charge on any atom is 0.388 e. The summed E-state index contributed by atoms with van der Waals surface area (Å²) in [4.78, 5) is 7.02. The lowest BCUT2D eigenvalue weighted by Gasteiger charge is -2.19. The molecular formula is C17H16F2N4O. The van der Waals surface area contributed by atoms with Crippen LogP contribution in [0.1, 0.15) is 18.9 Å². The van der Waals surface area contributed by atoms with Crippen LogP contribution in [0.5, 0.6) is 5.88 Å². The Hall–Kier alpha value is -2.96. The minimum absolute atomic E-state index is 0.122. The first kappa shape index (κ1) is 15.9. The number of pyridine rings is 1. The number of aromatic amines is 1. The summed E-state index contributed by atoms with van der Waals surface area (Å²) in [5, 5.41) is 6.77. The van der Waals surface area contributed by atoms with Crippen molar-refractivity contribution in [3.63, 3.8) is 0 Å². The third-order valence-electron chi connectivity index (χ3n) is 3.43. The summed E-state index contributed by atoms with van der Waals surface area (Å²) in [5.74, 6) is -0.122. The van der Waals surface area contributed by atoms with Gasteiger partial charge in [0.15, 0.2) is 0 Å². The van der Waals surface area contributed by atoms with Crippen molar-refractivity contribution >= 4 is 22.8 Å². The second kappa shape index (κ2) is 6.66. The molecule has 1 aliphatic heterocycles. The molecule has 0 spiro atoms. The fourth-order valence-corrected chi connectivity index (χ4v) is 2.37. The normalized spacial score (nSPS) is 14.9. The van der Waals surface area contributed by atoms with E-state index in [1.54, 1.807) is 23.5 Å². The Morgan fingerprint density at radius 1 is 1.46 bits per heavy atom. The fourth-order valence-electron chi connectivity index (χ4n) is 2.37. The highest BCUT2D eigenvalue weighted by Gasteiger charge is 2.14. The minimum Gasteiger partial charge on any atom is -0.417 e. The van der Waals surface area contributed by atoms with Crippen molar-refractivity contribution in [2.75, 3.05) is 0 Å². The van der Waals surface area contributed by atoms with Crippen LogP contribution in [0, 0.1) is 0 Å². The molecule has 24 heavy (non-hydrogen) atoms. The molecule has 0 fully saturated rings. The van der Waals surface area contributed by atoms with E-state index in [1.165, 1.54) is 6.07 Å². The number of hydrogen-bond acceptors (Lipinski definition) is 4. The second-order valence-electron chi connectivity index (χ2n) is 5.08. The van der Waals surface area contributed by atoms with E-state index >= 15 is 0 Å². The number of fused-ring (bicyclic) bond motifs is 1. The minimum atomic E-state index is -2.90. The number of halogens is 2. The third kappa shape index (κ3) is 3.19. The van der Waals surface area contributed by atoms with Gasteiger partial charge in [0, 0.05) is 35.6 Å². The van der Waals surface area contributed by atoms with Crippen LogP contribution in [0.25, 0.3) is 16.6 Å². The first-order chi connectivity index (χ1) is 11.6. The van der Waals surface area contributed by atoms with Gasteiger partial charge in [-0.3, -0.25) is 0 Å². The fraction of sp³-hybridized carbons (Fsp3) is 0.176. The maximum atomic E-state index is 12.3. The zero-order chi connectivity index (χ0) is 17.1. The molecule has 0 unspecified atom stereocenters. The highest BCUT2D eigenvalue weighted by atomic mass is 19.3. The summed E-state index contributed by atoms with van der Waals surface area (Å²) >= 11 is 0. The van der Waals surface area contributed by atoms with Gasteiger partial charge in [0.2, 0.25) is 5.88 Å². The number of nitrogens with zero attached hydrogens (tertiary/aromatic N) is 3. The third-order valence-corrected chi connectivity index (χ3v) is 3.43. The van der Waals surface area contributed by atoms with Crippen LogP contribution in [-0.4, -0.2) is 27.8 Å². The van der Waals surface area contributed by atoms with Gasteiger partial charge in [-0.1, -0.05) is 13.5 Å². The summed E-state index contributed by atoms with van der Waals surface area (Å²) in [5.41, 5.74) is 3.04. The first-order valence-corrected chi connectivity index (χ1v) is 7.42. The molecule has 0 amide bonds. The van der Waals surface area contributed by atoms with Gasteiger partial charge in [0.1, 0.15) is 5.65 Å². The molecule has 0 aliphatic carbocycles. The summed E-state index contributed by atoms with van der Waals surface area (Å²) in [6, 6.07) is 3.12. The van der Waals surface area contributed by atoms with E-state index in [0.29, 0.717) is 5.65 Å². The number of hydrogen-bond donors (Lipinski definition) is 1. The number of aromatic nitrogens is 2. The molecule has 0 bridgehead atoms. The molecule has 0 saturated heterocycles. The first-order valence-electron chi connectivity index (χ1n) is 7.42. The quantitative estimate of drug-likeness (QED) is 0.832. The van der Waals surface area contributed by atoms with E-state index in [4.69, 9.17) is 0 Å². The lowest BCUT2D eigenvalue weighted by atomic mass is 10.0. The SMILES string of the molecule is C=C1C=C(c2c[nH]c3nc(OC(F)F)ccc23)C=CN1/N=C\CC. The molecule has 0 aromatic carbocycles. The molecule has 7 heteroatoms. The number of ether oxygens (including phenoxy) is 1. The van der Waals surface area contributed by atoms with E-state index in [9.17, 15) is 8.78 Å². The van der Waals surface area contributed by atoms with Crippen molar-refractivity contribution < 1.29 is 13.5 Å². The average molecular weight is 330 g/mol. The molecule has 2 aromatic rings. The topological polar surface area (TPSA) is 53.5 Å². The van der Waals surface area contributed by atoms with Crippen LogP contribution in [0.4, 0.5) is 8.78 Å². The summed E-state index contributed by atoms with van der Waals surface area (Å²) in [7, 11) is 0. The van der Waals surface area contributed by atoms with Gasteiger partial charge < -0.3 is 9.72 Å². The summed E-state index contributed by atoms with van der Waals surface area (Å²) in [6.45, 7) is 3.10. The van der Waals surface area contributed by atoms with Crippen molar-refractivity contribution in [3.8, 4) is 5.88 Å². The predicted octanol–water partition coefficient (Wildman–Crippen LogP) is 4.29. The summed E-state index contributed by atoms with van der Waals surface area (Å²) in [6.07, 6.45) is 10.1. The van der Waals surface area contributed by atoms with E-state index in [2.05, 4.69) is 26.4 Å². The summed E-state index contributed by atoms with van der Waals surface area (Å²) < 4.78 is 28.9. The molecule has 1 N–H and O–H groups in total. The molecule has 0 saturated carbocycles. The second-order valence-corrected chi connectivity index (χ2v) is 5.08. The van der Waals surface area contributed by atoms with Crippen LogP contribution in [0.3, 0.4) is 0 Å². The molecule has 2 aromatic heterocycles. The van der Waals surface area contributed by atoms with Gasteiger partial charge in [0.05, 0.1) is 5.70 Å². The van der Waals surface area contributed by atoms with Crippen molar-refractivity contribution in [1.82, 2.24) is 15.0 Å². The Labute approximate surface area is 137 Å². The van der Waals surface area contributed by atoms with Gasteiger partial charge in [-0.05, 0) is 30.2 Å². The van der Waals surface area contributed by atoms with Crippen molar-refractivity contribution in [2.45, 2.75) is 20.0 Å². The smallest absolute Gasteiger partial charge is 0.388 e. The largest absolute Gasteiger partial charge is 0.417 e. The molecule has 0 radical (unpaired) electrons. The Balaban J connectivity index is 1.89. The number of alkyl halides is 2. The van der Waals surface area contributed by atoms with Crippen LogP contribution in [0.15, 0.2) is 54.1 Å². The highest BCUT2D eigenvalue weighted by molar-refractivity contribution is 5.94. The maximum absolute atomic E-state index is 12.3. The van der Waals surface area contributed by atoms with Crippen LogP contribution >= 0.6 is 0 Å². The van der Waals surface area contributed by atoms with Crippen LogP contribution in [-0.2, 0) is 0 Å². The molecule has 3 heterocycles. The number of H-pyrrole nitrogens is 1. The van der Waals surface area contributed by atoms with Gasteiger partial charge in [0.25, 0.3) is 0 Å². The Kier molecular flexibility index (Phi) is 4.41. The van der Waals surface area contributed by atoms with Gasteiger partial charge >= 0.3 is 6.61 Å². The Bertz CT molecular complexity index is 851. The van der Waals surface area contributed by atoms with E-state index < -0.39 is 6.61 Å². The molecule has 124 valence electrons. The van der Waals surface area contributed by atoms with Gasteiger partial charge in [-0.2, -0.15) is 18.9 Å². The molecular weight excluding hydrogens is 314 g/mol. The predicted molar refractivity (Wildman–Crippen MR) is 89.6 cm³/mol. The molecule has 5 nitrogen and oxygen atoms in total. The number of nitrogens with one attached hydrogen (secondary N) is 1. The van der Waals surface area contributed by atoms with Crippen molar-refractivity contribution in [2.24, 2.45) is 5.10 Å². The molecule has 0 atom stereocenters. The van der Waals surface area contributed by atoms with Crippen molar-refractivity contribution in [3.05, 3.63) is 54.5 Å². The lowest BCUT2D eigenvalue weighted by Crippen LogP contribution is -2.10. The number of rotatable bonds is 5. The van der Waals surface area contributed by atoms with E-state index in [1.807, 2.05) is 25.3 Å². The Morgan fingerprint density at radius 3 is 3.00 bits per heavy atom. The van der Waals surface area contributed by atoms with E-state index in [0.717, 1.165) is 28.6 Å². The zero-order valence-electron chi connectivity index (χ0n) is 13.0. The molecule has 1 aliphatic rings. The number of allylic oxidation sites excluding steroid dienone is 3. The van der Waals surface area contributed by atoms with Crippen LogP contribution < -0.4 is 4.74 Å². The average Bonchev–Trinajstić information content (AvgIpc) is 2.96. The Morgan fingerprint density at radius 2 is 2.29 bits per heavy atom.